The van der Waals surface area contributed by atoms with Crippen molar-refractivity contribution in [1.29, 1.82) is 0 Å². The van der Waals surface area contributed by atoms with Gasteiger partial charge in [0.25, 0.3) is 10.0 Å². The van der Waals surface area contributed by atoms with Crippen LogP contribution in [0.1, 0.15) is 12.0 Å². The molecule has 0 aromatic heterocycles. The number of benzene rings is 2. The van der Waals surface area contributed by atoms with E-state index in [0.717, 1.165) is 0 Å². The molecule has 0 saturated heterocycles. The van der Waals surface area contributed by atoms with Crippen LogP contribution in [0.2, 0.25) is 5.02 Å². The number of hydrogen-bond donors (Lipinski definition) is 2. The van der Waals surface area contributed by atoms with E-state index in [1.54, 1.807) is 19.1 Å². The van der Waals surface area contributed by atoms with Gasteiger partial charge in [-0.05, 0) is 42.8 Å². The lowest BCUT2D eigenvalue weighted by atomic mass is 10.2. The first kappa shape index (κ1) is 23.0. The summed E-state index contributed by atoms with van der Waals surface area (Å²) in [7, 11) is -3.97. The van der Waals surface area contributed by atoms with Crippen molar-refractivity contribution in [2.75, 3.05) is 23.3 Å². The number of hydrogen-bond acceptors (Lipinski definition) is 4. The van der Waals surface area contributed by atoms with Gasteiger partial charge in [-0.2, -0.15) is 13.2 Å². The fourth-order valence-corrected chi connectivity index (χ4v) is 3.82. The molecule has 0 fully saturated rings. The highest BCUT2D eigenvalue weighted by Crippen LogP contribution is 2.24. The van der Waals surface area contributed by atoms with Crippen molar-refractivity contribution in [3.8, 4) is 0 Å². The van der Waals surface area contributed by atoms with Gasteiger partial charge >= 0.3 is 6.18 Å². The summed E-state index contributed by atoms with van der Waals surface area (Å²) >= 11 is 5.86. The summed E-state index contributed by atoms with van der Waals surface area (Å²) in [4.78, 5) is 11.8. The number of amides is 1. The molecule has 0 bridgehead atoms. The van der Waals surface area contributed by atoms with E-state index in [1.165, 1.54) is 30.3 Å². The molecule has 0 aliphatic rings. The second-order valence-electron chi connectivity index (χ2n) is 6.06. The van der Waals surface area contributed by atoms with Crippen LogP contribution in [-0.2, 0) is 19.6 Å². The molecule has 1 amide bonds. The summed E-state index contributed by atoms with van der Waals surface area (Å²) in [6.45, 7) is -0.274. The maximum absolute atomic E-state index is 12.7. The van der Waals surface area contributed by atoms with E-state index in [1.807, 2.05) is 0 Å². The van der Waals surface area contributed by atoms with Crippen molar-refractivity contribution < 1.29 is 31.1 Å². The Labute approximate surface area is 171 Å². The van der Waals surface area contributed by atoms with E-state index < -0.39 is 35.3 Å². The maximum Gasteiger partial charge on any atom is 0.411 e. The van der Waals surface area contributed by atoms with Crippen LogP contribution in [-0.4, -0.2) is 33.7 Å². The van der Waals surface area contributed by atoms with Crippen LogP contribution in [0.15, 0.2) is 47.4 Å². The highest BCUT2D eigenvalue weighted by atomic mass is 35.5. The summed E-state index contributed by atoms with van der Waals surface area (Å²) in [5, 5.41) is 2.80. The third kappa shape index (κ3) is 7.56. The highest BCUT2D eigenvalue weighted by Gasteiger charge is 2.27. The number of ether oxygens (including phenoxy) is 1. The zero-order chi connectivity index (χ0) is 21.7. The van der Waals surface area contributed by atoms with Gasteiger partial charge in [0.2, 0.25) is 5.91 Å². The smallest absolute Gasteiger partial charge is 0.372 e. The fourth-order valence-electron chi connectivity index (χ4n) is 2.31. The van der Waals surface area contributed by atoms with Crippen molar-refractivity contribution in [3.05, 3.63) is 53.1 Å². The SMILES string of the molecule is Cc1ccc(NC(=O)CCOCC(F)(F)F)cc1S(=O)(=O)Nc1cccc(Cl)c1. The minimum absolute atomic E-state index is 0.0661. The zero-order valence-electron chi connectivity index (χ0n) is 15.2. The Hall–Kier alpha value is -2.30. The van der Waals surface area contributed by atoms with Crippen LogP contribution in [0.4, 0.5) is 24.5 Å². The lowest BCUT2D eigenvalue weighted by Gasteiger charge is -2.13. The highest BCUT2D eigenvalue weighted by molar-refractivity contribution is 7.92. The van der Waals surface area contributed by atoms with Gasteiger partial charge in [-0.3, -0.25) is 9.52 Å². The van der Waals surface area contributed by atoms with Crippen molar-refractivity contribution in [3.63, 3.8) is 0 Å². The monoisotopic (exact) mass is 450 g/mol. The molecule has 0 atom stereocenters. The van der Waals surface area contributed by atoms with Crippen LogP contribution in [0.3, 0.4) is 0 Å². The Morgan fingerprint density at radius 2 is 1.86 bits per heavy atom. The van der Waals surface area contributed by atoms with Gasteiger partial charge in [-0.25, -0.2) is 8.42 Å². The molecule has 0 radical (unpaired) electrons. The number of anilines is 2. The molecule has 2 rings (SSSR count). The minimum Gasteiger partial charge on any atom is -0.372 e. The van der Waals surface area contributed by atoms with Crippen molar-refractivity contribution in [2.45, 2.75) is 24.4 Å². The van der Waals surface area contributed by atoms with Gasteiger partial charge < -0.3 is 10.1 Å². The third-order valence-electron chi connectivity index (χ3n) is 3.58. The molecule has 0 aliphatic heterocycles. The van der Waals surface area contributed by atoms with Gasteiger partial charge in [0.1, 0.15) is 6.61 Å². The average molecular weight is 451 g/mol. The second kappa shape index (κ2) is 9.47. The summed E-state index contributed by atoms with van der Waals surface area (Å²) in [5.41, 5.74) is 0.891. The summed E-state index contributed by atoms with van der Waals surface area (Å²) in [6.07, 6.45) is -4.78. The Morgan fingerprint density at radius 3 is 2.52 bits per heavy atom. The molecular formula is C18H18ClF3N2O4S. The molecule has 29 heavy (non-hydrogen) atoms. The first-order valence-electron chi connectivity index (χ1n) is 8.30. The molecule has 0 saturated carbocycles. The minimum atomic E-state index is -4.47. The van der Waals surface area contributed by atoms with E-state index in [-0.39, 0.29) is 22.7 Å². The molecule has 2 aromatic rings. The molecule has 11 heteroatoms. The molecule has 0 aliphatic carbocycles. The molecular weight excluding hydrogens is 433 g/mol. The van der Waals surface area contributed by atoms with Gasteiger partial charge in [-0.1, -0.05) is 23.7 Å². The van der Waals surface area contributed by atoms with E-state index in [0.29, 0.717) is 10.6 Å². The van der Waals surface area contributed by atoms with Crippen LogP contribution >= 0.6 is 11.6 Å². The number of halogens is 4. The van der Waals surface area contributed by atoms with Crippen LogP contribution in [0.25, 0.3) is 0 Å². The maximum atomic E-state index is 12.7. The molecule has 2 aromatic carbocycles. The van der Waals surface area contributed by atoms with Gasteiger partial charge in [-0.15, -0.1) is 0 Å². The van der Waals surface area contributed by atoms with Crippen molar-refractivity contribution in [1.82, 2.24) is 0 Å². The fraction of sp³-hybridized carbons (Fsp3) is 0.278. The number of sulfonamides is 1. The Balaban J connectivity index is 2.06. The molecule has 158 valence electrons. The quantitative estimate of drug-likeness (QED) is 0.585. The van der Waals surface area contributed by atoms with E-state index in [9.17, 15) is 26.4 Å². The standard InChI is InChI=1S/C18H18ClF3N2O4S/c1-12-5-6-14(23-17(25)7-8-28-11-18(20,21)22)10-16(12)29(26,27)24-15-4-2-3-13(19)9-15/h2-6,9-10,24H,7-8,11H2,1H3,(H,23,25). The number of nitrogens with one attached hydrogen (secondary N) is 2. The number of rotatable bonds is 8. The summed E-state index contributed by atoms with van der Waals surface area (Å²) < 4.78 is 68.2. The number of aryl methyl sites for hydroxylation is 1. The molecule has 0 heterocycles. The number of alkyl halides is 3. The van der Waals surface area contributed by atoms with Gasteiger partial charge in [0.05, 0.1) is 23.6 Å². The number of carbonyl (C=O) groups excluding carboxylic acids is 1. The molecule has 0 unspecified atom stereocenters. The summed E-state index contributed by atoms with van der Waals surface area (Å²) in [6, 6.07) is 10.4. The van der Waals surface area contributed by atoms with E-state index in [4.69, 9.17) is 11.6 Å². The predicted octanol–water partition coefficient (Wildman–Crippen LogP) is 4.36. The first-order chi connectivity index (χ1) is 13.5. The topological polar surface area (TPSA) is 84.5 Å². The van der Waals surface area contributed by atoms with Gasteiger partial charge in [0, 0.05) is 10.7 Å². The summed E-state index contributed by atoms with van der Waals surface area (Å²) in [5.74, 6) is -0.609. The van der Waals surface area contributed by atoms with Gasteiger partial charge in [0.15, 0.2) is 0 Å². The average Bonchev–Trinajstić information content (AvgIpc) is 2.59. The molecule has 6 nitrogen and oxygen atoms in total. The first-order valence-corrected chi connectivity index (χ1v) is 10.2. The molecule has 2 N–H and O–H groups in total. The number of carbonyl (C=O) groups is 1. The zero-order valence-corrected chi connectivity index (χ0v) is 16.8. The van der Waals surface area contributed by atoms with Crippen molar-refractivity contribution >= 4 is 38.9 Å². The van der Waals surface area contributed by atoms with Crippen molar-refractivity contribution in [2.24, 2.45) is 0 Å². The van der Waals surface area contributed by atoms with Crippen LogP contribution < -0.4 is 10.0 Å². The van der Waals surface area contributed by atoms with E-state index in [2.05, 4.69) is 14.8 Å². The lowest BCUT2D eigenvalue weighted by Crippen LogP contribution is -2.20. The predicted molar refractivity (Wildman–Crippen MR) is 104 cm³/mol. The largest absolute Gasteiger partial charge is 0.411 e. The van der Waals surface area contributed by atoms with E-state index >= 15 is 0 Å². The Morgan fingerprint density at radius 1 is 1.14 bits per heavy atom. The third-order valence-corrected chi connectivity index (χ3v) is 5.34. The van der Waals surface area contributed by atoms with Crippen LogP contribution in [0.5, 0.6) is 0 Å². The second-order valence-corrected chi connectivity index (χ2v) is 8.15. The lowest BCUT2D eigenvalue weighted by molar-refractivity contribution is -0.174. The molecule has 0 spiro atoms. The normalized spacial score (nSPS) is 11.9. The Kier molecular flexibility index (Phi) is 7.50. The van der Waals surface area contributed by atoms with Crippen LogP contribution in [0, 0.1) is 6.92 Å². The Bertz CT molecular complexity index is 981.